The summed E-state index contributed by atoms with van der Waals surface area (Å²) in [7, 11) is 0. The van der Waals surface area contributed by atoms with Gasteiger partial charge in [-0.25, -0.2) is 0 Å². The predicted octanol–water partition coefficient (Wildman–Crippen LogP) is 3.38. The molecular weight excluding hydrogens is 292 g/mol. The lowest BCUT2D eigenvalue weighted by atomic mass is 10.0. The number of halogens is 1. The molecule has 4 heteroatoms. The molecule has 0 spiro atoms. The van der Waals surface area contributed by atoms with Crippen LogP contribution in [0.15, 0.2) is 16.6 Å². The molecule has 0 bridgehead atoms. The molecule has 1 aromatic rings. The second-order valence-corrected chi connectivity index (χ2v) is 5.94. The van der Waals surface area contributed by atoms with E-state index in [1.807, 2.05) is 26.0 Å². The highest BCUT2D eigenvalue weighted by Gasteiger charge is 2.15. The third kappa shape index (κ3) is 4.10. The molecule has 1 aromatic carbocycles. The molecule has 18 heavy (non-hydrogen) atoms. The number of rotatable bonds is 4. The largest absolute Gasteiger partial charge is 0.325 e. The zero-order chi connectivity index (χ0) is 13.9. The number of amides is 1. The highest BCUT2D eigenvalue weighted by molar-refractivity contribution is 9.10. The molecule has 100 valence electrons. The summed E-state index contributed by atoms with van der Waals surface area (Å²) in [6.45, 7) is 8.11. The highest BCUT2D eigenvalue weighted by atomic mass is 79.9. The summed E-state index contributed by atoms with van der Waals surface area (Å²) in [5.41, 5.74) is 8.85. The maximum absolute atomic E-state index is 11.9. The number of carbonyl (C=O) groups excluding carboxylic acids is 1. The molecule has 0 aliphatic carbocycles. The van der Waals surface area contributed by atoms with Gasteiger partial charge in [-0.05, 0) is 49.4 Å². The van der Waals surface area contributed by atoms with Crippen molar-refractivity contribution in [2.24, 2.45) is 11.7 Å². The van der Waals surface area contributed by atoms with E-state index in [9.17, 15) is 4.79 Å². The van der Waals surface area contributed by atoms with Gasteiger partial charge in [0.25, 0.3) is 0 Å². The number of nitrogens with one attached hydrogen (secondary N) is 1. The molecule has 1 amide bonds. The van der Waals surface area contributed by atoms with Crippen LogP contribution in [0.3, 0.4) is 0 Å². The Balaban J connectivity index is 2.76. The molecule has 0 heterocycles. The summed E-state index contributed by atoms with van der Waals surface area (Å²) in [5, 5.41) is 2.87. The lowest BCUT2D eigenvalue weighted by Crippen LogP contribution is -2.36. The van der Waals surface area contributed by atoms with E-state index in [-0.39, 0.29) is 5.91 Å². The van der Waals surface area contributed by atoms with E-state index in [2.05, 4.69) is 35.1 Å². The Morgan fingerprint density at radius 1 is 1.33 bits per heavy atom. The van der Waals surface area contributed by atoms with E-state index < -0.39 is 6.04 Å². The summed E-state index contributed by atoms with van der Waals surface area (Å²) in [6, 6.07) is 3.43. The minimum Gasteiger partial charge on any atom is -0.325 e. The van der Waals surface area contributed by atoms with E-state index in [4.69, 9.17) is 5.73 Å². The third-order valence-electron chi connectivity index (χ3n) is 2.77. The molecule has 0 aliphatic rings. The van der Waals surface area contributed by atoms with Crippen molar-refractivity contribution in [3.05, 3.63) is 27.7 Å². The number of anilines is 1. The van der Waals surface area contributed by atoms with Gasteiger partial charge in [0.15, 0.2) is 0 Å². The van der Waals surface area contributed by atoms with Gasteiger partial charge >= 0.3 is 0 Å². The Morgan fingerprint density at radius 3 is 2.28 bits per heavy atom. The van der Waals surface area contributed by atoms with Crippen LogP contribution in [0.4, 0.5) is 5.69 Å². The average molecular weight is 313 g/mol. The molecule has 3 N–H and O–H groups in total. The van der Waals surface area contributed by atoms with Crippen molar-refractivity contribution in [3.8, 4) is 0 Å². The molecule has 1 rings (SSSR count). The number of aryl methyl sites for hydroxylation is 2. The topological polar surface area (TPSA) is 55.1 Å². The van der Waals surface area contributed by atoms with Gasteiger partial charge in [0, 0.05) is 10.2 Å². The Labute approximate surface area is 117 Å². The summed E-state index contributed by atoms with van der Waals surface area (Å²) >= 11 is 3.50. The predicted molar refractivity (Wildman–Crippen MR) is 79.7 cm³/mol. The van der Waals surface area contributed by atoms with Crippen LogP contribution in [0.25, 0.3) is 0 Å². The van der Waals surface area contributed by atoms with Crippen LogP contribution in [0.1, 0.15) is 31.4 Å². The molecule has 0 fully saturated rings. The summed E-state index contributed by atoms with van der Waals surface area (Å²) < 4.78 is 1.08. The lowest BCUT2D eigenvalue weighted by molar-refractivity contribution is -0.117. The van der Waals surface area contributed by atoms with Gasteiger partial charge in [0.1, 0.15) is 0 Å². The molecule has 0 aromatic heterocycles. The normalized spacial score (nSPS) is 12.6. The Kier molecular flexibility index (Phi) is 5.35. The van der Waals surface area contributed by atoms with Crippen molar-refractivity contribution >= 4 is 27.5 Å². The molecule has 0 saturated heterocycles. The van der Waals surface area contributed by atoms with Gasteiger partial charge in [-0.3, -0.25) is 4.79 Å². The second-order valence-electron chi connectivity index (χ2n) is 5.15. The standard InChI is InChI=1S/C14H21BrN2O/c1-8(2)5-12(16)14(18)17-11-6-9(3)13(15)10(4)7-11/h6-8,12H,5,16H2,1-4H3,(H,17,18). The van der Waals surface area contributed by atoms with Gasteiger partial charge < -0.3 is 11.1 Å². The van der Waals surface area contributed by atoms with Crippen molar-refractivity contribution in [2.75, 3.05) is 5.32 Å². The SMILES string of the molecule is Cc1cc(NC(=O)C(N)CC(C)C)cc(C)c1Br. The van der Waals surface area contributed by atoms with E-state index in [0.717, 1.165) is 21.3 Å². The Bertz CT molecular complexity index is 420. The van der Waals surface area contributed by atoms with Crippen molar-refractivity contribution in [1.29, 1.82) is 0 Å². The lowest BCUT2D eigenvalue weighted by Gasteiger charge is -2.15. The van der Waals surface area contributed by atoms with Gasteiger partial charge in [0.05, 0.1) is 6.04 Å². The summed E-state index contributed by atoms with van der Waals surface area (Å²) in [4.78, 5) is 11.9. The minimum absolute atomic E-state index is 0.121. The first kappa shape index (κ1) is 15.2. The Morgan fingerprint density at radius 2 is 1.83 bits per heavy atom. The highest BCUT2D eigenvalue weighted by Crippen LogP contribution is 2.25. The van der Waals surface area contributed by atoms with E-state index in [1.165, 1.54) is 0 Å². The van der Waals surface area contributed by atoms with Crippen LogP contribution < -0.4 is 11.1 Å². The molecule has 0 saturated carbocycles. The van der Waals surface area contributed by atoms with Gasteiger partial charge in [-0.2, -0.15) is 0 Å². The number of benzene rings is 1. The van der Waals surface area contributed by atoms with Crippen molar-refractivity contribution in [1.82, 2.24) is 0 Å². The van der Waals surface area contributed by atoms with E-state index in [1.54, 1.807) is 0 Å². The first-order valence-electron chi connectivity index (χ1n) is 6.14. The van der Waals surface area contributed by atoms with Gasteiger partial charge in [0.2, 0.25) is 5.91 Å². The van der Waals surface area contributed by atoms with Crippen molar-refractivity contribution < 1.29 is 4.79 Å². The van der Waals surface area contributed by atoms with Crippen molar-refractivity contribution in [2.45, 2.75) is 40.2 Å². The fraction of sp³-hybridized carbons (Fsp3) is 0.500. The maximum Gasteiger partial charge on any atom is 0.241 e. The van der Waals surface area contributed by atoms with Crippen molar-refractivity contribution in [3.63, 3.8) is 0 Å². The van der Waals surface area contributed by atoms with Crippen LogP contribution in [-0.2, 0) is 4.79 Å². The Hall–Kier alpha value is -0.870. The quantitative estimate of drug-likeness (QED) is 0.895. The van der Waals surface area contributed by atoms with Crippen LogP contribution in [0.2, 0.25) is 0 Å². The number of hydrogen-bond donors (Lipinski definition) is 2. The fourth-order valence-corrected chi connectivity index (χ4v) is 2.10. The summed E-state index contributed by atoms with van der Waals surface area (Å²) in [5.74, 6) is 0.295. The molecule has 0 aliphatic heterocycles. The minimum atomic E-state index is -0.450. The van der Waals surface area contributed by atoms with Gasteiger partial charge in [-0.15, -0.1) is 0 Å². The van der Waals surface area contributed by atoms with Crippen LogP contribution in [0, 0.1) is 19.8 Å². The molecule has 0 radical (unpaired) electrons. The first-order chi connectivity index (χ1) is 8.31. The maximum atomic E-state index is 11.9. The third-order valence-corrected chi connectivity index (χ3v) is 4.02. The average Bonchev–Trinajstić information content (AvgIpc) is 2.24. The molecule has 3 nitrogen and oxygen atoms in total. The molecular formula is C14H21BrN2O. The van der Waals surface area contributed by atoms with Gasteiger partial charge in [-0.1, -0.05) is 29.8 Å². The zero-order valence-corrected chi connectivity index (χ0v) is 13.0. The van der Waals surface area contributed by atoms with Crippen LogP contribution in [0.5, 0.6) is 0 Å². The second kappa shape index (κ2) is 6.34. The number of carbonyl (C=O) groups is 1. The van der Waals surface area contributed by atoms with E-state index >= 15 is 0 Å². The fourth-order valence-electron chi connectivity index (χ4n) is 1.87. The first-order valence-corrected chi connectivity index (χ1v) is 6.93. The van der Waals surface area contributed by atoms with Crippen LogP contribution >= 0.6 is 15.9 Å². The smallest absolute Gasteiger partial charge is 0.241 e. The number of hydrogen-bond acceptors (Lipinski definition) is 2. The molecule has 1 unspecified atom stereocenters. The zero-order valence-electron chi connectivity index (χ0n) is 11.4. The summed E-state index contributed by atoms with van der Waals surface area (Å²) in [6.07, 6.45) is 0.695. The number of nitrogens with two attached hydrogens (primary N) is 1. The molecule has 1 atom stereocenters. The van der Waals surface area contributed by atoms with Crippen LogP contribution in [-0.4, -0.2) is 11.9 Å². The monoisotopic (exact) mass is 312 g/mol. The van der Waals surface area contributed by atoms with E-state index in [0.29, 0.717) is 12.3 Å².